The van der Waals surface area contributed by atoms with Crippen molar-refractivity contribution in [3.8, 4) is 11.1 Å². The number of rotatable bonds is 6. The molecule has 0 bridgehead atoms. The normalized spacial score (nSPS) is 20.1. The van der Waals surface area contributed by atoms with Gasteiger partial charge in [-0.25, -0.2) is 9.97 Å². The van der Waals surface area contributed by atoms with E-state index in [1.165, 1.54) is 25.7 Å². The van der Waals surface area contributed by atoms with Gasteiger partial charge >= 0.3 is 0 Å². The Morgan fingerprint density at radius 2 is 1.68 bits per heavy atom. The number of hydrogen-bond acceptors (Lipinski definition) is 5. The van der Waals surface area contributed by atoms with Gasteiger partial charge < -0.3 is 19.3 Å². The number of carbonyl (C=O) groups is 1. The zero-order valence-corrected chi connectivity index (χ0v) is 18.8. The number of piperidine rings is 1. The maximum atomic E-state index is 13.4. The molecule has 3 aliphatic rings. The first-order valence-electron chi connectivity index (χ1n) is 11.8. The fraction of sp³-hybridized carbons (Fsp3) is 0.625. The van der Waals surface area contributed by atoms with Crippen LogP contribution in [-0.2, 0) is 6.54 Å². The quantitative estimate of drug-likeness (QED) is 0.716. The summed E-state index contributed by atoms with van der Waals surface area (Å²) in [4.78, 5) is 29.2. The number of anilines is 1. The standard InChI is InChI=1S/C24H34N6O/c1-27(2)21-7-11-28(12-8-21)23(31)22-13-19(17-30(22)16-18-5-6-18)20-14-25-24(26-15-20)29-9-3-4-10-29/h13-15,17-18,21H,3-12,16H2,1-2H3. The van der Waals surface area contributed by atoms with Crippen LogP contribution in [0.5, 0.6) is 0 Å². The van der Waals surface area contributed by atoms with Gasteiger partial charge in [0.2, 0.25) is 5.95 Å². The molecule has 2 aromatic heterocycles. The fourth-order valence-electron chi connectivity index (χ4n) is 4.88. The molecule has 31 heavy (non-hydrogen) atoms. The van der Waals surface area contributed by atoms with Gasteiger partial charge in [-0.15, -0.1) is 0 Å². The molecular formula is C24H34N6O. The molecule has 166 valence electrons. The lowest BCUT2D eigenvalue weighted by Gasteiger charge is -2.35. The van der Waals surface area contributed by atoms with Crippen LogP contribution in [0, 0.1) is 5.92 Å². The molecule has 0 unspecified atom stereocenters. The molecule has 2 aromatic rings. The maximum absolute atomic E-state index is 13.4. The molecule has 1 saturated carbocycles. The average Bonchev–Trinajstić information content (AvgIpc) is 3.26. The summed E-state index contributed by atoms with van der Waals surface area (Å²) in [5.41, 5.74) is 2.84. The number of carbonyl (C=O) groups excluding carboxylic acids is 1. The number of hydrogen-bond donors (Lipinski definition) is 0. The molecule has 1 amide bonds. The van der Waals surface area contributed by atoms with Crippen LogP contribution in [0.2, 0.25) is 0 Å². The Balaban J connectivity index is 1.35. The zero-order valence-electron chi connectivity index (χ0n) is 18.8. The van der Waals surface area contributed by atoms with E-state index in [9.17, 15) is 4.79 Å². The lowest BCUT2D eigenvalue weighted by molar-refractivity contribution is 0.0652. The van der Waals surface area contributed by atoms with E-state index in [4.69, 9.17) is 0 Å². The summed E-state index contributed by atoms with van der Waals surface area (Å²) in [7, 11) is 4.26. The molecule has 0 N–H and O–H groups in total. The van der Waals surface area contributed by atoms with Gasteiger partial charge in [-0.1, -0.05) is 0 Å². The van der Waals surface area contributed by atoms with E-state index in [2.05, 4.69) is 50.7 Å². The molecule has 1 aliphatic carbocycles. The Kier molecular flexibility index (Phi) is 5.69. The number of aromatic nitrogens is 3. The lowest BCUT2D eigenvalue weighted by atomic mass is 10.0. The second-order valence-electron chi connectivity index (χ2n) is 9.66. The third-order valence-electron chi connectivity index (χ3n) is 7.11. The average molecular weight is 423 g/mol. The van der Waals surface area contributed by atoms with Crippen molar-refractivity contribution < 1.29 is 4.79 Å². The Labute approximate surface area is 185 Å². The highest BCUT2D eigenvalue weighted by molar-refractivity contribution is 5.94. The summed E-state index contributed by atoms with van der Waals surface area (Å²) >= 11 is 0. The molecule has 2 saturated heterocycles. The first-order valence-corrected chi connectivity index (χ1v) is 11.8. The predicted molar refractivity (Wildman–Crippen MR) is 122 cm³/mol. The van der Waals surface area contributed by atoms with Crippen LogP contribution in [0.1, 0.15) is 49.0 Å². The third kappa shape index (κ3) is 4.47. The van der Waals surface area contributed by atoms with Gasteiger partial charge in [-0.05, 0) is 64.6 Å². The van der Waals surface area contributed by atoms with E-state index in [1.54, 1.807) is 0 Å². The van der Waals surface area contributed by atoms with Crippen LogP contribution >= 0.6 is 0 Å². The molecule has 0 aromatic carbocycles. The topological polar surface area (TPSA) is 57.5 Å². The summed E-state index contributed by atoms with van der Waals surface area (Å²) in [5, 5.41) is 0. The minimum atomic E-state index is 0.165. The second kappa shape index (κ2) is 8.61. The minimum absolute atomic E-state index is 0.165. The van der Waals surface area contributed by atoms with Gasteiger partial charge in [0.1, 0.15) is 5.69 Å². The second-order valence-corrected chi connectivity index (χ2v) is 9.66. The number of likely N-dealkylation sites (tertiary alicyclic amines) is 1. The Morgan fingerprint density at radius 3 is 2.29 bits per heavy atom. The summed E-state index contributed by atoms with van der Waals surface area (Å²) in [5.74, 6) is 1.69. The first-order chi connectivity index (χ1) is 15.1. The molecule has 2 aliphatic heterocycles. The van der Waals surface area contributed by atoms with Gasteiger partial charge in [0, 0.05) is 68.5 Å². The minimum Gasteiger partial charge on any atom is -0.343 e. The van der Waals surface area contributed by atoms with Crippen molar-refractivity contribution >= 4 is 11.9 Å². The molecule has 0 radical (unpaired) electrons. The molecule has 3 fully saturated rings. The van der Waals surface area contributed by atoms with Crippen molar-refractivity contribution in [3.05, 3.63) is 30.4 Å². The van der Waals surface area contributed by atoms with E-state index < -0.39 is 0 Å². The Hall–Kier alpha value is -2.41. The van der Waals surface area contributed by atoms with Crippen molar-refractivity contribution in [1.29, 1.82) is 0 Å². The Bertz CT molecular complexity index is 903. The highest BCUT2D eigenvalue weighted by Gasteiger charge is 2.29. The summed E-state index contributed by atoms with van der Waals surface area (Å²) in [6.07, 6.45) is 13.0. The smallest absolute Gasteiger partial charge is 0.270 e. The van der Waals surface area contributed by atoms with E-state index >= 15 is 0 Å². The van der Waals surface area contributed by atoms with E-state index in [1.807, 2.05) is 17.3 Å². The Morgan fingerprint density at radius 1 is 1.00 bits per heavy atom. The largest absolute Gasteiger partial charge is 0.343 e. The maximum Gasteiger partial charge on any atom is 0.270 e. The van der Waals surface area contributed by atoms with Crippen LogP contribution in [-0.4, -0.2) is 76.6 Å². The first kappa shape index (κ1) is 20.5. The monoisotopic (exact) mass is 422 g/mol. The lowest BCUT2D eigenvalue weighted by Crippen LogP contribution is -2.44. The van der Waals surface area contributed by atoms with Crippen molar-refractivity contribution in [2.75, 3.05) is 45.2 Å². The summed E-state index contributed by atoms with van der Waals surface area (Å²) in [6.45, 7) is 4.68. The molecule has 0 atom stereocenters. The summed E-state index contributed by atoms with van der Waals surface area (Å²) in [6, 6.07) is 2.63. The molecule has 4 heterocycles. The van der Waals surface area contributed by atoms with E-state index in [0.29, 0.717) is 12.0 Å². The SMILES string of the molecule is CN(C)C1CCN(C(=O)c2cc(-c3cnc(N4CCCC4)nc3)cn2CC2CC2)CC1. The molecule has 5 rings (SSSR count). The number of nitrogens with zero attached hydrogens (tertiary/aromatic N) is 6. The van der Waals surface area contributed by atoms with Crippen LogP contribution in [0.25, 0.3) is 11.1 Å². The van der Waals surface area contributed by atoms with Crippen molar-refractivity contribution in [2.45, 2.75) is 51.1 Å². The van der Waals surface area contributed by atoms with Gasteiger partial charge in [-0.3, -0.25) is 4.79 Å². The van der Waals surface area contributed by atoms with Crippen LogP contribution in [0.4, 0.5) is 5.95 Å². The van der Waals surface area contributed by atoms with Crippen LogP contribution in [0.3, 0.4) is 0 Å². The van der Waals surface area contributed by atoms with Gasteiger partial charge in [0.15, 0.2) is 0 Å². The highest BCUT2D eigenvalue weighted by Crippen LogP contribution is 2.33. The van der Waals surface area contributed by atoms with Crippen LogP contribution in [0.15, 0.2) is 24.7 Å². The van der Waals surface area contributed by atoms with Gasteiger partial charge in [0.25, 0.3) is 5.91 Å². The highest BCUT2D eigenvalue weighted by atomic mass is 16.2. The van der Waals surface area contributed by atoms with Gasteiger partial charge in [0.05, 0.1) is 0 Å². The molecule has 7 heteroatoms. The summed E-state index contributed by atoms with van der Waals surface area (Å²) < 4.78 is 2.18. The predicted octanol–water partition coefficient (Wildman–Crippen LogP) is 3.12. The van der Waals surface area contributed by atoms with Crippen molar-refractivity contribution in [3.63, 3.8) is 0 Å². The molecule has 7 nitrogen and oxygen atoms in total. The zero-order chi connectivity index (χ0) is 21.4. The molecule has 0 spiro atoms. The fourth-order valence-corrected chi connectivity index (χ4v) is 4.88. The van der Waals surface area contributed by atoms with E-state index in [-0.39, 0.29) is 5.91 Å². The third-order valence-corrected chi connectivity index (χ3v) is 7.11. The van der Waals surface area contributed by atoms with Gasteiger partial charge in [-0.2, -0.15) is 0 Å². The van der Waals surface area contributed by atoms with Crippen molar-refractivity contribution in [1.82, 2.24) is 24.3 Å². The van der Waals surface area contributed by atoms with E-state index in [0.717, 1.165) is 68.3 Å². The van der Waals surface area contributed by atoms with Crippen molar-refractivity contribution in [2.24, 2.45) is 5.92 Å². The molecular weight excluding hydrogens is 388 g/mol. The van der Waals surface area contributed by atoms with Crippen LogP contribution < -0.4 is 4.90 Å². The number of amides is 1.